The molecule has 3 rings (SSSR count). The van der Waals surface area contributed by atoms with Crippen LogP contribution >= 0.6 is 23.2 Å². The van der Waals surface area contributed by atoms with E-state index in [9.17, 15) is 10.1 Å². The predicted octanol–water partition coefficient (Wildman–Crippen LogP) is 6.05. The van der Waals surface area contributed by atoms with Crippen LogP contribution < -0.4 is 14.2 Å². The number of nitriles is 1. The molecule has 0 N–H and O–H groups in total. The standard InChI is InChI=1S/C24H17Cl2NO4/c1-29-23-13-16(12-18(14-27)17-3-5-19(25)6-4-17)2-11-22(23)31-24(28)15-30-21-9-7-20(26)8-10-21/h2-13H,15H2,1H3/b18-12+. The molecule has 0 amide bonds. The largest absolute Gasteiger partial charge is 0.493 e. The predicted molar refractivity (Wildman–Crippen MR) is 121 cm³/mol. The zero-order valence-electron chi connectivity index (χ0n) is 16.5. The Morgan fingerprint density at radius 2 is 1.61 bits per heavy atom. The summed E-state index contributed by atoms with van der Waals surface area (Å²) in [6, 6.07) is 20.8. The van der Waals surface area contributed by atoms with Gasteiger partial charge in [0.15, 0.2) is 18.1 Å². The van der Waals surface area contributed by atoms with Gasteiger partial charge >= 0.3 is 5.97 Å². The highest BCUT2D eigenvalue weighted by atomic mass is 35.5. The smallest absolute Gasteiger partial charge is 0.349 e. The van der Waals surface area contributed by atoms with Gasteiger partial charge in [0.05, 0.1) is 18.8 Å². The third kappa shape index (κ3) is 6.26. The Balaban J connectivity index is 1.71. The molecule has 0 saturated heterocycles. The molecule has 0 aliphatic heterocycles. The fourth-order valence-electron chi connectivity index (χ4n) is 2.66. The van der Waals surface area contributed by atoms with Crippen LogP contribution in [0.1, 0.15) is 11.1 Å². The molecule has 3 aromatic carbocycles. The lowest BCUT2D eigenvalue weighted by atomic mass is 10.0. The Hall–Kier alpha value is -3.46. The second-order valence-corrected chi connectivity index (χ2v) is 7.18. The van der Waals surface area contributed by atoms with Gasteiger partial charge in [0, 0.05) is 10.0 Å². The number of carbonyl (C=O) groups excluding carboxylic acids is 1. The summed E-state index contributed by atoms with van der Waals surface area (Å²) >= 11 is 11.7. The van der Waals surface area contributed by atoms with E-state index in [0.717, 1.165) is 5.56 Å². The van der Waals surface area contributed by atoms with Crippen molar-refractivity contribution in [3.63, 3.8) is 0 Å². The number of hydrogen-bond acceptors (Lipinski definition) is 5. The molecule has 7 heteroatoms. The third-order valence-electron chi connectivity index (χ3n) is 4.17. The molecule has 0 atom stereocenters. The Bertz CT molecular complexity index is 1130. The van der Waals surface area contributed by atoms with Gasteiger partial charge in [0.2, 0.25) is 0 Å². The van der Waals surface area contributed by atoms with E-state index in [1.807, 2.05) is 0 Å². The number of methoxy groups -OCH3 is 1. The molecule has 0 fully saturated rings. The van der Waals surface area contributed by atoms with E-state index < -0.39 is 5.97 Å². The van der Waals surface area contributed by atoms with Gasteiger partial charge in [-0.15, -0.1) is 0 Å². The first-order valence-corrected chi connectivity index (χ1v) is 9.89. The number of esters is 1. The van der Waals surface area contributed by atoms with E-state index in [-0.39, 0.29) is 12.4 Å². The quantitative estimate of drug-likeness (QED) is 0.188. The van der Waals surface area contributed by atoms with Gasteiger partial charge in [0.25, 0.3) is 0 Å². The van der Waals surface area contributed by atoms with Crippen molar-refractivity contribution in [2.75, 3.05) is 13.7 Å². The fourth-order valence-corrected chi connectivity index (χ4v) is 2.91. The summed E-state index contributed by atoms with van der Waals surface area (Å²) in [7, 11) is 1.47. The van der Waals surface area contributed by atoms with E-state index in [1.54, 1.807) is 72.8 Å². The summed E-state index contributed by atoms with van der Waals surface area (Å²) in [4.78, 5) is 12.1. The van der Waals surface area contributed by atoms with E-state index in [2.05, 4.69) is 6.07 Å². The van der Waals surface area contributed by atoms with Crippen molar-refractivity contribution in [3.8, 4) is 23.3 Å². The average Bonchev–Trinajstić information content (AvgIpc) is 2.78. The maximum absolute atomic E-state index is 12.1. The van der Waals surface area contributed by atoms with Crippen molar-refractivity contribution >= 4 is 40.8 Å². The molecule has 0 aliphatic carbocycles. The van der Waals surface area contributed by atoms with E-state index in [0.29, 0.717) is 32.7 Å². The topological polar surface area (TPSA) is 68.5 Å². The Morgan fingerprint density at radius 3 is 2.23 bits per heavy atom. The number of ether oxygens (including phenoxy) is 3. The molecule has 0 aromatic heterocycles. The number of rotatable bonds is 7. The number of allylic oxidation sites excluding steroid dienone is 1. The molecule has 3 aromatic rings. The second kappa shape index (κ2) is 10.5. The molecular formula is C24H17Cl2NO4. The number of halogens is 2. The van der Waals surface area contributed by atoms with Crippen LogP contribution in [0.2, 0.25) is 10.0 Å². The Labute approximate surface area is 190 Å². The van der Waals surface area contributed by atoms with Crippen LogP contribution in [-0.2, 0) is 4.79 Å². The summed E-state index contributed by atoms with van der Waals surface area (Å²) in [5, 5.41) is 10.7. The molecule has 5 nitrogen and oxygen atoms in total. The maximum Gasteiger partial charge on any atom is 0.349 e. The molecule has 0 aliphatic rings. The zero-order chi connectivity index (χ0) is 22.2. The molecular weight excluding hydrogens is 437 g/mol. The minimum atomic E-state index is -0.588. The summed E-state index contributed by atoms with van der Waals surface area (Å²) in [6.07, 6.45) is 1.71. The van der Waals surface area contributed by atoms with Gasteiger partial charge in [-0.3, -0.25) is 0 Å². The maximum atomic E-state index is 12.1. The van der Waals surface area contributed by atoms with Crippen LogP contribution in [0.4, 0.5) is 0 Å². The number of hydrogen-bond donors (Lipinski definition) is 0. The molecule has 156 valence electrons. The Kier molecular flexibility index (Phi) is 7.55. The van der Waals surface area contributed by atoms with Crippen molar-refractivity contribution in [1.82, 2.24) is 0 Å². The lowest BCUT2D eigenvalue weighted by molar-refractivity contribution is -0.136. The van der Waals surface area contributed by atoms with Gasteiger partial charge < -0.3 is 14.2 Å². The Morgan fingerprint density at radius 1 is 0.968 bits per heavy atom. The molecule has 0 bridgehead atoms. The summed E-state index contributed by atoms with van der Waals surface area (Å²) < 4.78 is 16.1. The fraction of sp³-hybridized carbons (Fsp3) is 0.0833. The SMILES string of the molecule is COc1cc(/C=C(\C#N)c2ccc(Cl)cc2)ccc1OC(=O)COc1ccc(Cl)cc1. The van der Waals surface area contributed by atoms with Gasteiger partial charge in [-0.2, -0.15) is 5.26 Å². The van der Waals surface area contributed by atoms with Crippen molar-refractivity contribution in [3.05, 3.63) is 87.9 Å². The van der Waals surface area contributed by atoms with Crippen LogP contribution in [0, 0.1) is 11.3 Å². The van der Waals surface area contributed by atoms with Crippen LogP contribution in [0.5, 0.6) is 17.2 Å². The highest BCUT2D eigenvalue weighted by Gasteiger charge is 2.12. The highest BCUT2D eigenvalue weighted by molar-refractivity contribution is 6.30. The average molecular weight is 454 g/mol. The molecule has 0 radical (unpaired) electrons. The van der Waals surface area contributed by atoms with E-state index in [4.69, 9.17) is 37.4 Å². The minimum absolute atomic E-state index is 0.245. The minimum Gasteiger partial charge on any atom is -0.493 e. The summed E-state index contributed by atoms with van der Waals surface area (Å²) in [6.45, 7) is -0.276. The lowest BCUT2D eigenvalue weighted by Crippen LogP contribution is -2.18. The molecule has 31 heavy (non-hydrogen) atoms. The molecule has 0 saturated carbocycles. The second-order valence-electron chi connectivity index (χ2n) is 6.30. The van der Waals surface area contributed by atoms with Crippen molar-refractivity contribution in [2.45, 2.75) is 0 Å². The van der Waals surface area contributed by atoms with Crippen LogP contribution in [0.15, 0.2) is 66.7 Å². The highest BCUT2D eigenvalue weighted by Crippen LogP contribution is 2.30. The normalized spacial score (nSPS) is 10.8. The number of carbonyl (C=O) groups is 1. The van der Waals surface area contributed by atoms with Crippen LogP contribution in [-0.4, -0.2) is 19.7 Å². The molecule has 0 unspecified atom stereocenters. The first kappa shape index (κ1) is 22.2. The number of benzene rings is 3. The van der Waals surface area contributed by atoms with Crippen molar-refractivity contribution in [2.24, 2.45) is 0 Å². The first-order valence-electron chi connectivity index (χ1n) is 9.13. The monoisotopic (exact) mass is 453 g/mol. The molecule has 0 spiro atoms. The van der Waals surface area contributed by atoms with E-state index >= 15 is 0 Å². The summed E-state index contributed by atoms with van der Waals surface area (Å²) in [5.74, 6) is 0.506. The third-order valence-corrected chi connectivity index (χ3v) is 4.67. The lowest BCUT2D eigenvalue weighted by Gasteiger charge is -2.11. The van der Waals surface area contributed by atoms with Gasteiger partial charge in [0.1, 0.15) is 5.75 Å². The van der Waals surface area contributed by atoms with Gasteiger partial charge in [-0.25, -0.2) is 4.79 Å². The van der Waals surface area contributed by atoms with Crippen LogP contribution in [0.3, 0.4) is 0 Å². The zero-order valence-corrected chi connectivity index (χ0v) is 18.0. The first-order chi connectivity index (χ1) is 15.0. The number of nitrogens with zero attached hydrogens (tertiary/aromatic N) is 1. The van der Waals surface area contributed by atoms with Gasteiger partial charge in [-0.05, 0) is 65.7 Å². The summed E-state index contributed by atoms with van der Waals surface area (Å²) in [5.41, 5.74) is 1.90. The van der Waals surface area contributed by atoms with Crippen molar-refractivity contribution < 1.29 is 19.0 Å². The molecule has 0 heterocycles. The van der Waals surface area contributed by atoms with Crippen LogP contribution in [0.25, 0.3) is 11.6 Å². The van der Waals surface area contributed by atoms with Crippen molar-refractivity contribution in [1.29, 1.82) is 5.26 Å². The van der Waals surface area contributed by atoms with Gasteiger partial charge in [-0.1, -0.05) is 41.4 Å². The van der Waals surface area contributed by atoms with E-state index in [1.165, 1.54) is 7.11 Å².